The van der Waals surface area contributed by atoms with Gasteiger partial charge in [-0.2, -0.15) is 0 Å². The van der Waals surface area contributed by atoms with Crippen molar-refractivity contribution in [2.45, 2.75) is 6.42 Å². The van der Waals surface area contributed by atoms with Crippen molar-refractivity contribution in [1.82, 2.24) is 5.32 Å². The highest BCUT2D eigenvalue weighted by Gasteiger charge is 2.01. The number of rotatable bonds is 7. The molecule has 0 aliphatic rings. The fourth-order valence-electron chi connectivity index (χ4n) is 2.18. The maximum atomic E-state index is 13.1. The molecule has 5 heteroatoms. The first-order valence-corrected chi connectivity index (χ1v) is 7.54. The van der Waals surface area contributed by atoms with Gasteiger partial charge in [0.1, 0.15) is 17.3 Å². The van der Waals surface area contributed by atoms with Crippen LogP contribution in [0, 0.1) is 5.82 Å². The molecule has 0 bridgehead atoms. The molecule has 1 amide bonds. The fourth-order valence-corrected chi connectivity index (χ4v) is 2.18. The number of nitrogens with one attached hydrogen (secondary N) is 1. The second kappa shape index (κ2) is 8.72. The van der Waals surface area contributed by atoms with E-state index in [9.17, 15) is 9.18 Å². The van der Waals surface area contributed by atoms with Gasteiger partial charge in [0.25, 0.3) is 0 Å². The van der Waals surface area contributed by atoms with Crippen molar-refractivity contribution in [2.75, 3.05) is 20.8 Å². The summed E-state index contributed by atoms with van der Waals surface area (Å²) in [7, 11) is 3.14. The molecule has 0 spiro atoms. The molecule has 0 radical (unpaired) electrons. The Morgan fingerprint density at radius 3 is 2.46 bits per heavy atom. The second-order valence-corrected chi connectivity index (χ2v) is 5.15. The van der Waals surface area contributed by atoms with Crippen LogP contribution in [0.2, 0.25) is 0 Å². The number of hydrogen-bond acceptors (Lipinski definition) is 3. The van der Waals surface area contributed by atoms with Crippen molar-refractivity contribution in [3.8, 4) is 11.5 Å². The third-order valence-electron chi connectivity index (χ3n) is 3.40. The number of hydrogen-bond donors (Lipinski definition) is 1. The molecule has 4 nitrogen and oxygen atoms in total. The highest BCUT2D eigenvalue weighted by molar-refractivity contribution is 5.91. The van der Waals surface area contributed by atoms with Crippen LogP contribution < -0.4 is 14.8 Å². The number of carbonyl (C=O) groups is 1. The Kier molecular flexibility index (Phi) is 6.37. The summed E-state index contributed by atoms with van der Waals surface area (Å²) in [5.41, 5.74) is 1.64. The predicted molar refractivity (Wildman–Crippen MR) is 91.7 cm³/mol. The molecule has 126 valence electrons. The Balaban J connectivity index is 1.88. The molecule has 0 heterocycles. The summed E-state index contributed by atoms with van der Waals surface area (Å²) in [5.74, 6) is 0.819. The summed E-state index contributed by atoms with van der Waals surface area (Å²) in [6.45, 7) is 0.439. The van der Waals surface area contributed by atoms with Gasteiger partial charge >= 0.3 is 0 Å². The Morgan fingerprint density at radius 1 is 1.12 bits per heavy atom. The molecule has 2 rings (SSSR count). The minimum atomic E-state index is -0.273. The molecule has 24 heavy (non-hydrogen) atoms. The lowest BCUT2D eigenvalue weighted by molar-refractivity contribution is -0.116. The molecule has 0 unspecified atom stereocenters. The van der Waals surface area contributed by atoms with Gasteiger partial charge in [0, 0.05) is 18.7 Å². The summed E-state index contributed by atoms with van der Waals surface area (Å²) in [4.78, 5) is 11.8. The standard InChI is InChI=1S/C19H20FNO3/c1-23-17-11-15(12-18(13-17)24-2)6-7-19(22)21-9-8-14-4-3-5-16(20)10-14/h3-7,10-13H,8-9H2,1-2H3,(H,21,22)/b7-6+. The normalized spacial score (nSPS) is 10.6. The minimum absolute atomic E-state index is 0.215. The molecule has 0 aliphatic heterocycles. The van der Waals surface area contributed by atoms with Gasteiger partial charge < -0.3 is 14.8 Å². The second-order valence-electron chi connectivity index (χ2n) is 5.15. The molecule has 0 atom stereocenters. The van der Waals surface area contributed by atoms with E-state index in [4.69, 9.17) is 9.47 Å². The molecular weight excluding hydrogens is 309 g/mol. The lowest BCUT2D eigenvalue weighted by Gasteiger charge is -2.06. The first-order valence-electron chi connectivity index (χ1n) is 7.54. The lowest BCUT2D eigenvalue weighted by atomic mass is 10.1. The minimum Gasteiger partial charge on any atom is -0.497 e. The van der Waals surface area contributed by atoms with Crippen LogP contribution in [0.4, 0.5) is 4.39 Å². The Labute approximate surface area is 140 Å². The van der Waals surface area contributed by atoms with E-state index in [0.717, 1.165) is 11.1 Å². The number of ether oxygens (including phenoxy) is 2. The predicted octanol–water partition coefficient (Wildman–Crippen LogP) is 3.22. The van der Waals surface area contributed by atoms with Crippen LogP contribution in [-0.4, -0.2) is 26.7 Å². The summed E-state index contributed by atoms with van der Waals surface area (Å²) in [6.07, 6.45) is 3.70. The van der Waals surface area contributed by atoms with Crippen molar-refractivity contribution < 1.29 is 18.7 Å². The van der Waals surface area contributed by atoms with E-state index in [2.05, 4.69) is 5.32 Å². The van der Waals surface area contributed by atoms with Crippen LogP contribution in [0.1, 0.15) is 11.1 Å². The van der Waals surface area contributed by atoms with Gasteiger partial charge in [-0.1, -0.05) is 12.1 Å². The molecule has 2 aromatic rings. The number of halogens is 1. The van der Waals surface area contributed by atoms with Gasteiger partial charge in [-0.15, -0.1) is 0 Å². The SMILES string of the molecule is COc1cc(/C=C/C(=O)NCCc2cccc(F)c2)cc(OC)c1. The third kappa shape index (κ3) is 5.43. The summed E-state index contributed by atoms with van der Waals surface area (Å²) in [5, 5.41) is 2.77. The van der Waals surface area contributed by atoms with Crippen LogP contribution in [0.3, 0.4) is 0 Å². The summed E-state index contributed by atoms with van der Waals surface area (Å²) in [6, 6.07) is 11.7. The van der Waals surface area contributed by atoms with E-state index in [0.29, 0.717) is 24.5 Å². The van der Waals surface area contributed by atoms with Crippen LogP contribution in [-0.2, 0) is 11.2 Å². The molecule has 2 aromatic carbocycles. The quantitative estimate of drug-likeness (QED) is 0.794. The maximum Gasteiger partial charge on any atom is 0.244 e. The largest absolute Gasteiger partial charge is 0.497 e. The van der Waals surface area contributed by atoms with Crippen LogP contribution in [0.25, 0.3) is 6.08 Å². The third-order valence-corrected chi connectivity index (χ3v) is 3.40. The molecule has 0 fully saturated rings. The number of amides is 1. The maximum absolute atomic E-state index is 13.1. The van der Waals surface area contributed by atoms with E-state index in [1.807, 2.05) is 6.07 Å². The Bertz CT molecular complexity index is 706. The van der Waals surface area contributed by atoms with Crippen molar-refractivity contribution in [1.29, 1.82) is 0 Å². The molecular formula is C19H20FNO3. The molecule has 0 aromatic heterocycles. The summed E-state index contributed by atoms with van der Waals surface area (Å²) < 4.78 is 23.4. The van der Waals surface area contributed by atoms with Gasteiger partial charge in [0.15, 0.2) is 0 Å². The zero-order valence-corrected chi connectivity index (χ0v) is 13.7. The van der Waals surface area contributed by atoms with Crippen molar-refractivity contribution >= 4 is 12.0 Å². The van der Waals surface area contributed by atoms with Crippen molar-refractivity contribution in [3.05, 3.63) is 65.5 Å². The number of carbonyl (C=O) groups excluding carboxylic acids is 1. The smallest absolute Gasteiger partial charge is 0.244 e. The molecule has 1 N–H and O–H groups in total. The first-order chi connectivity index (χ1) is 11.6. The average Bonchev–Trinajstić information content (AvgIpc) is 2.59. The molecule has 0 saturated heterocycles. The van der Waals surface area contributed by atoms with E-state index < -0.39 is 0 Å². The zero-order chi connectivity index (χ0) is 17.4. The van der Waals surface area contributed by atoms with E-state index in [1.54, 1.807) is 44.6 Å². The van der Waals surface area contributed by atoms with Crippen LogP contribution in [0.15, 0.2) is 48.5 Å². The molecule has 0 saturated carbocycles. The van der Waals surface area contributed by atoms with Crippen LogP contribution >= 0.6 is 0 Å². The van der Waals surface area contributed by atoms with Gasteiger partial charge in [-0.05, 0) is 47.9 Å². The average molecular weight is 329 g/mol. The van der Waals surface area contributed by atoms with Gasteiger partial charge in [0.05, 0.1) is 14.2 Å². The Morgan fingerprint density at radius 2 is 1.83 bits per heavy atom. The van der Waals surface area contributed by atoms with Gasteiger partial charge in [-0.3, -0.25) is 4.79 Å². The Hall–Kier alpha value is -2.82. The molecule has 0 aliphatic carbocycles. The first kappa shape index (κ1) is 17.5. The monoisotopic (exact) mass is 329 g/mol. The zero-order valence-electron chi connectivity index (χ0n) is 13.7. The fraction of sp³-hybridized carbons (Fsp3) is 0.211. The highest BCUT2D eigenvalue weighted by atomic mass is 19.1. The van der Waals surface area contributed by atoms with E-state index in [1.165, 1.54) is 18.2 Å². The van der Waals surface area contributed by atoms with Crippen molar-refractivity contribution in [3.63, 3.8) is 0 Å². The van der Waals surface area contributed by atoms with Crippen LogP contribution in [0.5, 0.6) is 11.5 Å². The van der Waals surface area contributed by atoms with E-state index >= 15 is 0 Å². The van der Waals surface area contributed by atoms with Gasteiger partial charge in [-0.25, -0.2) is 4.39 Å². The summed E-state index contributed by atoms with van der Waals surface area (Å²) >= 11 is 0. The number of methoxy groups -OCH3 is 2. The highest BCUT2D eigenvalue weighted by Crippen LogP contribution is 2.23. The number of benzene rings is 2. The van der Waals surface area contributed by atoms with Gasteiger partial charge in [0.2, 0.25) is 5.91 Å². The van der Waals surface area contributed by atoms with Crippen molar-refractivity contribution in [2.24, 2.45) is 0 Å². The lowest BCUT2D eigenvalue weighted by Crippen LogP contribution is -2.23. The topological polar surface area (TPSA) is 47.6 Å². The van der Waals surface area contributed by atoms with E-state index in [-0.39, 0.29) is 11.7 Å².